The third kappa shape index (κ3) is 3.35. The second-order valence-electron chi connectivity index (χ2n) is 5.06. The number of hydrogen-bond acceptors (Lipinski definition) is 4. The molecule has 3 rings (SSSR count). The van der Waals surface area contributed by atoms with Crippen LogP contribution in [0.15, 0.2) is 35.8 Å². The van der Waals surface area contributed by atoms with Gasteiger partial charge in [0, 0.05) is 44.3 Å². The fourth-order valence-electron chi connectivity index (χ4n) is 2.54. The lowest BCUT2D eigenvalue weighted by molar-refractivity contribution is 0.285. The van der Waals surface area contributed by atoms with Crippen LogP contribution in [0.5, 0.6) is 0 Å². The molecule has 0 amide bonds. The maximum atomic E-state index is 12.9. The molecule has 1 aliphatic heterocycles. The Bertz CT molecular complexity index is 527. The van der Waals surface area contributed by atoms with Crippen molar-refractivity contribution in [1.82, 2.24) is 9.88 Å². The van der Waals surface area contributed by atoms with Gasteiger partial charge >= 0.3 is 0 Å². The Morgan fingerprint density at radius 3 is 2.70 bits per heavy atom. The molecule has 2 heterocycles. The first kappa shape index (κ1) is 13.5. The Kier molecular flexibility index (Phi) is 4.28. The van der Waals surface area contributed by atoms with Crippen molar-refractivity contribution in [1.29, 1.82) is 0 Å². The van der Waals surface area contributed by atoms with Gasteiger partial charge in [0.15, 0.2) is 5.13 Å². The van der Waals surface area contributed by atoms with Crippen LogP contribution in [0.25, 0.3) is 0 Å². The van der Waals surface area contributed by atoms with Gasteiger partial charge in [0.05, 0.1) is 0 Å². The molecule has 0 spiro atoms. The first-order valence-corrected chi connectivity index (χ1v) is 7.80. The molecule has 1 saturated heterocycles. The molecule has 0 N–H and O–H groups in total. The monoisotopic (exact) mass is 291 g/mol. The number of aromatic nitrogens is 1. The van der Waals surface area contributed by atoms with Crippen LogP contribution in [0.4, 0.5) is 9.52 Å². The van der Waals surface area contributed by atoms with Gasteiger partial charge < -0.3 is 4.90 Å². The van der Waals surface area contributed by atoms with Gasteiger partial charge in [0.2, 0.25) is 0 Å². The average Bonchev–Trinajstić information content (AvgIpc) is 2.89. The van der Waals surface area contributed by atoms with Crippen LogP contribution in [0, 0.1) is 5.82 Å². The van der Waals surface area contributed by atoms with Gasteiger partial charge in [-0.15, -0.1) is 11.3 Å². The molecule has 0 aliphatic carbocycles. The first-order chi connectivity index (χ1) is 9.81. The smallest absolute Gasteiger partial charge is 0.185 e. The number of anilines is 1. The van der Waals surface area contributed by atoms with Crippen LogP contribution in [-0.2, 0) is 6.54 Å². The Morgan fingerprint density at radius 2 is 1.95 bits per heavy atom. The Labute approximate surface area is 122 Å². The zero-order valence-electron chi connectivity index (χ0n) is 11.3. The fourth-order valence-corrected chi connectivity index (χ4v) is 3.24. The average molecular weight is 291 g/mol. The lowest BCUT2D eigenvalue weighted by Crippen LogP contribution is -2.30. The molecule has 0 radical (unpaired) electrons. The van der Waals surface area contributed by atoms with Crippen molar-refractivity contribution in [3.8, 4) is 0 Å². The third-order valence-corrected chi connectivity index (χ3v) is 4.43. The van der Waals surface area contributed by atoms with Gasteiger partial charge in [-0.1, -0.05) is 12.1 Å². The number of halogens is 1. The highest BCUT2D eigenvalue weighted by Crippen LogP contribution is 2.19. The van der Waals surface area contributed by atoms with Crippen molar-refractivity contribution in [2.45, 2.75) is 13.0 Å². The highest BCUT2D eigenvalue weighted by atomic mass is 32.1. The topological polar surface area (TPSA) is 19.4 Å². The summed E-state index contributed by atoms with van der Waals surface area (Å²) in [5.41, 5.74) is 1.18. The summed E-state index contributed by atoms with van der Waals surface area (Å²) in [6, 6.07) is 6.82. The summed E-state index contributed by atoms with van der Waals surface area (Å²) < 4.78 is 12.9. The predicted molar refractivity (Wildman–Crippen MR) is 80.6 cm³/mol. The van der Waals surface area contributed by atoms with Crippen molar-refractivity contribution in [2.75, 3.05) is 31.1 Å². The van der Waals surface area contributed by atoms with Gasteiger partial charge in [-0.2, -0.15) is 0 Å². The minimum atomic E-state index is -0.167. The molecular formula is C15H18FN3S. The van der Waals surface area contributed by atoms with E-state index in [0.717, 1.165) is 44.3 Å². The molecule has 0 unspecified atom stereocenters. The molecule has 5 heteroatoms. The van der Waals surface area contributed by atoms with Crippen molar-refractivity contribution < 1.29 is 4.39 Å². The van der Waals surface area contributed by atoms with E-state index >= 15 is 0 Å². The molecular weight excluding hydrogens is 273 g/mol. The zero-order chi connectivity index (χ0) is 13.8. The lowest BCUT2D eigenvalue weighted by Gasteiger charge is -2.21. The number of hydrogen-bond donors (Lipinski definition) is 0. The summed E-state index contributed by atoms with van der Waals surface area (Å²) in [5.74, 6) is -0.167. The van der Waals surface area contributed by atoms with Crippen LogP contribution in [-0.4, -0.2) is 36.1 Å². The Hall–Kier alpha value is -1.46. The minimum absolute atomic E-state index is 0.167. The predicted octanol–water partition coefficient (Wildman–Crippen LogP) is 2.99. The molecule has 0 saturated carbocycles. The highest BCUT2D eigenvalue weighted by Gasteiger charge is 2.16. The van der Waals surface area contributed by atoms with Gasteiger partial charge in [-0.05, 0) is 24.1 Å². The van der Waals surface area contributed by atoms with Gasteiger partial charge in [-0.3, -0.25) is 4.90 Å². The maximum absolute atomic E-state index is 12.9. The molecule has 1 aliphatic rings. The van der Waals surface area contributed by atoms with Crippen LogP contribution in [0.1, 0.15) is 12.0 Å². The second-order valence-corrected chi connectivity index (χ2v) is 5.93. The maximum Gasteiger partial charge on any atom is 0.185 e. The Morgan fingerprint density at radius 1 is 1.10 bits per heavy atom. The van der Waals surface area contributed by atoms with Crippen molar-refractivity contribution >= 4 is 16.5 Å². The largest absolute Gasteiger partial charge is 0.347 e. The summed E-state index contributed by atoms with van der Waals surface area (Å²) in [5, 5.41) is 3.14. The summed E-state index contributed by atoms with van der Waals surface area (Å²) in [6.45, 7) is 5.07. The standard InChI is InChI=1S/C15H18FN3S/c16-14-4-2-13(3-5-14)12-18-7-1-8-19(10-9-18)15-17-6-11-20-15/h2-6,11H,1,7-10,12H2. The van der Waals surface area contributed by atoms with Gasteiger partial charge in [0.25, 0.3) is 0 Å². The van der Waals surface area contributed by atoms with Crippen molar-refractivity contribution in [3.05, 3.63) is 47.2 Å². The van der Waals surface area contributed by atoms with Crippen molar-refractivity contribution in [3.63, 3.8) is 0 Å². The van der Waals surface area contributed by atoms with E-state index in [2.05, 4.69) is 14.8 Å². The van der Waals surface area contributed by atoms with E-state index in [1.165, 1.54) is 17.7 Å². The SMILES string of the molecule is Fc1ccc(CN2CCCN(c3nccs3)CC2)cc1. The zero-order valence-corrected chi connectivity index (χ0v) is 12.2. The number of thiazole rings is 1. The van der Waals surface area contributed by atoms with Crippen LogP contribution < -0.4 is 4.90 Å². The molecule has 0 atom stereocenters. The fraction of sp³-hybridized carbons (Fsp3) is 0.400. The van der Waals surface area contributed by atoms with Crippen LogP contribution >= 0.6 is 11.3 Å². The number of nitrogens with zero attached hydrogens (tertiary/aromatic N) is 3. The van der Waals surface area contributed by atoms with E-state index in [1.807, 2.05) is 23.7 Å². The molecule has 0 bridgehead atoms. The summed E-state index contributed by atoms with van der Waals surface area (Å²) >= 11 is 1.70. The lowest BCUT2D eigenvalue weighted by atomic mass is 10.2. The second kappa shape index (κ2) is 6.33. The van der Waals surface area contributed by atoms with Crippen molar-refractivity contribution in [2.24, 2.45) is 0 Å². The molecule has 1 aromatic heterocycles. The molecule has 106 valence electrons. The molecule has 2 aromatic rings. The Balaban J connectivity index is 1.58. The van der Waals surface area contributed by atoms with E-state index in [-0.39, 0.29) is 5.82 Å². The first-order valence-electron chi connectivity index (χ1n) is 6.92. The van der Waals surface area contributed by atoms with E-state index in [0.29, 0.717) is 0 Å². The van der Waals surface area contributed by atoms with E-state index in [1.54, 1.807) is 11.3 Å². The van der Waals surface area contributed by atoms with E-state index < -0.39 is 0 Å². The number of rotatable bonds is 3. The van der Waals surface area contributed by atoms with Crippen LogP contribution in [0.2, 0.25) is 0 Å². The van der Waals surface area contributed by atoms with E-state index in [4.69, 9.17) is 0 Å². The molecule has 3 nitrogen and oxygen atoms in total. The third-order valence-electron chi connectivity index (χ3n) is 3.60. The minimum Gasteiger partial charge on any atom is -0.347 e. The van der Waals surface area contributed by atoms with Crippen LogP contribution in [0.3, 0.4) is 0 Å². The number of benzene rings is 1. The highest BCUT2D eigenvalue weighted by molar-refractivity contribution is 7.13. The summed E-state index contributed by atoms with van der Waals surface area (Å²) in [6.07, 6.45) is 3.00. The molecule has 1 aromatic carbocycles. The summed E-state index contributed by atoms with van der Waals surface area (Å²) in [7, 11) is 0. The summed E-state index contributed by atoms with van der Waals surface area (Å²) in [4.78, 5) is 9.17. The molecule has 20 heavy (non-hydrogen) atoms. The van der Waals surface area contributed by atoms with Gasteiger partial charge in [0.1, 0.15) is 5.82 Å². The molecule has 1 fully saturated rings. The van der Waals surface area contributed by atoms with Gasteiger partial charge in [-0.25, -0.2) is 9.37 Å². The quantitative estimate of drug-likeness (QED) is 0.866. The van der Waals surface area contributed by atoms with E-state index in [9.17, 15) is 4.39 Å². The normalized spacial score (nSPS) is 17.1.